The number of hydrogen-bond acceptors (Lipinski definition) is 3. The molecule has 0 aromatic heterocycles. The third kappa shape index (κ3) is 7.01. The molecule has 0 spiro atoms. The molecule has 1 aliphatic rings. The van der Waals surface area contributed by atoms with Crippen molar-refractivity contribution in [2.75, 3.05) is 24.7 Å². The first kappa shape index (κ1) is 16.3. The van der Waals surface area contributed by atoms with Gasteiger partial charge in [0.15, 0.2) is 0 Å². The Kier molecular flexibility index (Phi) is 10.1. The summed E-state index contributed by atoms with van der Waals surface area (Å²) in [4.78, 5) is 0. The summed E-state index contributed by atoms with van der Waals surface area (Å²) in [7, 11) is 0. The van der Waals surface area contributed by atoms with E-state index in [1.165, 1.54) is 56.5 Å². The molecule has 108 valence electrons. The molecule has 0 bridgehead atoms. The molecule has 0 aromatic carbocycles. The van der Waals surface area contributed by atoms with E-state index >= 15 is 0 Å². The number of unbranched alkanes of at least 4 members (excludes halogenated alkanes) is 4. The number of ether oxygens (including phenoxy) is 1. The van der Waals surface area contributed by atoms with Crippen molar-refractivity contribution in [3.8, 4) is 0 Å². The monoisotopic (exact) mass is 273 g/mol. The average molecular weight is 273 g/mol. The highest BCUT2D eigenvalue weighted by Crippen LogP contribution is 2.19. The Labute approximate surface area is 118 Å². The largest absolute Gasteiger partial charge is 0.375 e. The SMILES string of the molecule is CCCCCCCC(NCCC)C1CSCCO1. The summed E-state index contributed by atoms with van der Waals surface area (Å²) < 4.78 is 5.93. The molecular weight excluding hydrogens is 242 g/mol. The minimum absolute atomic E-state index is 0.446. The van der Waals surface area contributed by atoms with Crippen molar-refractivity contribution in [1.82, 2.24) is 5.32 Å². The Morgan fingerprint density at radius 2 is 2.00 bits per heavy atom. The highest BCUT2D eigenvalue weighted by atomic mass is 32.2. The van der Waals surface area contributed by atoms with Crippen LogP contribution in [0, 0.1) is 0 Å². The summed E-state index contributed by atoms with van der Waals surface area (Å²) in [5.41, 5.74) is 0. The molecule has 2 unspecified atom stereocenters. The molecule has 2 atom stereocenters. The lowest BCUT2D eigenvalue weighted by Crippen LogP contribution is -2.45. The fraction of sp³-hybridized carbons (Fsp3) is 1.00. The predicted octanol–water partition coefficient (Wildman–Crippen LogP) is 3.85. The van der Waals surface area contributed by atoms with Gasteiger partial charge in [-0.25, -0.2) is 0 Å². The summed E-state index contributed by atoms with van der Waals surface area (Å²) in [6.45, 7) is 6.58. The predicted molar refractivity (Wildman–Crippen MR) is 82.5 cm³/mol. The topological polar surface area (TPSA) is 21.3 Å². The molecule has 1 N–H and O–H groups in total. The van der Waals surface area contributed by atoms with E-state index < -0.39 is 0 Å². The van der Waals surface area contributed by atoms with Crippen LogP contribution < -0.4 is 5.32 Å². The smallest absolute Gasteiger partial charge is 0.0818 e. The maximum absolute atomic E-state index is 5.93. The molecule has 0 aromatic rings. The number of hydrogen-bond donors (Lipinski definition) is 1. The minimum atomic E-state index is 0.446. The van der Waals surface area contributed by atoms with Gasteiger partial charge in [-0.15, -0.1) is 0 Å². The molecule has 1 saturated heterocycles. The summed E-state index contributed by atoms with van der Waals surface area (Å²) in [5, 5.41) is 3.69. The summed E-state index contributed by atoms with van der Waals surface area (Å²) >= 11 is 2.05. The van der Waals surface area contributed by atoms with E-state index in [9.17, 15) is 0 Å². The van der Waals surface area contributed by atoms with Crippen molar-refractivity contribution in [3.05, 3.63) is 0 Å². The molecule has 0 amide bonds. The number of thioether (sulfide) groups is 1. The molecule has 0 aliphatic carbocycles. The Morgan fingerprint density at radius 1 is 1.17 bits per heavy atom. The molecule has 1 aliphatic heterocycles. The van der Waals surface area contributed by atoms with E-state index in [2.05, 4.69) is 19.2 Å². The highest BCUT2D eigenvalue weighted by molar-refractivity contribution is 7.99. The zero-order valence-electron chi connectivity index (χ0n) is 12.2. The lowest BCUT2D eigenvalue weighted by atomic mass is 10.0. The minimum Gasteiger partial charge on any atom is -0.375 e. The Balaban J connectivity index is 2.21. The molecule has 18 heavy (non-hydrogen) atoms. The number of rotatable bonds is 10. The van der Waals surface area contributed by atoms with E-state index in [1.54, 1.807) is 0 Å². The van der Waals surface area contributed by atoms with Crippen molar-refractivity contribution in [1.29, 1.82) is 0 Å². The maximum atomic E-state index is 5.93. The van der Waals surface area contributed by atoms with Crippen molar-refractivity contribution in [2.24, 2.45) is 0 Å². The van der Waals surface area contributed by atoms with Crippen LogP contribution in [0.25, 0.3) is 0 Å². The Bertz CT molecular complexity index is 183. The molecule has 0 radical (unpaired) electrons. The lowest BCUT2D eigenvalue weighted by Gasteiger charge is -2.31. The van der Waals surface area contributed by atoms with Crippen LogP contribution in [0.3, 0.4) is 0 Å². The van der Waals surface area contributed by atoms with Crippen molar-refractivity contribution >= 4 is 11.8 Å². The first-order chi connectivity index (χ1) is 8.88. The third-order valence-corrected chi connectivity index (χ3v) is 4.59. The number of nitrogens with one attached hydrogen (secondary N) is 1. The van der Waals surface area contributed by atoms with Crippen molar-refractivity contribution in [2.45, 2.75) is 70.9 Å². The fourth-order valence-corrected chi connectivity index (χ4v) is 3.40. The van der Waals surface area contributed by atoms with Gasteiger partial charge in [-0.05, 0) is 19.4 Å². The third-order valence-electron chi connectivity index (χ3n) is 3.57. The van der Waals surface area contributed by atoms with E-state index in [0.29, 0.717) is 12.1 Å². The van der Waals surface area contributed by atoms with Crippen LogP contribution >= 0.6 is 11.8 Å². The second-order valence-corrected chi connectivity index (χ2v) is 6.40. The van der Waals surface area contributed by atoms with Crippen LogP contribution in [0.2, 0.25) is 0 Å². The fourth-order valence-electron chi connectivity index (χ4n) is 2.46. The van der Waals surface area contributed by atoms with Crippen LogP contribution in [0.15, 0.2) is 0 Å². The van der Waals surface area contributed by atoms with Gasteiger partial charge in [0, 0.05) is 17.5 Å². The summed E-state index contributed by atoms with van der Waals surface area (Å²) in [5.74, 6) is 2.35. The standard InChI is InChI=1S/C15H31NOS/c1-3-5-6-7-8-9-14(16-10-4-2)15-13-18-12-11-17-15/h14-16H,3-13H2,1-2H3. The quantitative estimate of drug-likeness (QED) is 0.611. The Hall–Kier alpha value is 0.270. The van der Waals surface area contributed by atoms with Gasteiger partial charge in [0.05, 0.1) is 12.7 Å². The van der Waals surface area contributed by atoms with E-state index in [-0.39, 0.29) is 0 Å². The van der Waals surface area contributed by atoms with Crippen LogP contribution in [0.4, 0.5) is 0 Å². The van der Waals surface area contributed by atoms with E-state index in [0.717, 1.165) is 13.2 Å². The zero-order chi connectivity index (χ0) is 13.1. The van der Waals surface area contributed by atoms with Gasteiger partial charge in [0.25, 0.3) is 0 Å². The van der Waals surface area contributed by atoms with Gasteiger partial charge in [0.1, 0.15) is 0 Å². The van der Waals surface area contributed by atoms with Crippen LogP contribution in [-0.2, 0) is 4.74 Å². The molecular formula is C15H31NOS. The second-order valence-electron chi connectivity index (χ2n) is 5.25. The van der Waals surface area contributed by atoms with E-state index in [4.69, 9.17) is 4.74 Å². The van der Waals surface area contributed by atoms with Gasteiger partial charge < -0.3 is 10.1 Å². The first-order valence-electron chi connectivity index (χ1n) is 7.81. The molecule has 2 nitrogen and oxygen atoms in total. The molecule has 1 heterocycles. The Morgan fingerprint density at radius 3 is 2.67 bits per heavy atom. The van der Waals surface area contributed by atoms with Gasteiger partial charge in [-0.3, -0.25) is 0 Å². The van der Waals surface area contributed by atoms with Gasteiger partial charge in [-0.2, -0.15) is 11.8 Å². The maximum Gasteiger partial charge on any atom is 0.0818 e. The van der Waals surface area contributed by atoms with Crippen LogP contribution in [-0.4, -0.2) is 36.8 Å². The van der Waals surface area contributed by atoms with E-state index in [1.807, 2.05) is 11.8 Å². The second kappa shape index (κ2) is 11.1. The normalized spacial score (nSPS) is 22.0. The summed E-state index contributed by atoms with van der Waals surface area (Å²) in [6, 6.07) is 0.583. The average Bonchev–Trinajstić information content (AvgIpc) is 2.43. The highest BCUT2D eigenvalue weighted by Gasteiger charge is 2.23. The lowest BCUT2D eigenvalue weighted by molar-refractivity contribution is 0.0441. The van der Waals surface area contributed by atoms with Crippen molar-refractivity contribution < 1.29 is 4.74 Å². The van der Waals surface area contributed by atoms with Gasteiger partial charge >= 0.3 is 0 Å². The van der Waals surface area contributed by atoms with Crippen molar-refractivity contribution in [3.63, 3.8) is 0 Å². The van der Waals surface area contributed by atoms with Gasteiger partial charge in [0.2, 0.25) is 0 Å². The first-order valence-corrected chi connectivity index (χ1v) is 8.96. The van der Waals surface area contributed by atoms with Crippen LogP contribution in [0.5, 0.6) is 0 Å². The molecule has 0 saturated carbocycles. The summed E-state index contributed by atoms with van der Waals surface area (Å²) in [6.07, 6.45) is 9.81. The molecule has 1 fully saturated rings. The molecule has 3 heteroatoms. The zero-order valence-corrected chi connectivity index (χ0v) is 13.1. The van der Waals surface area contributed by atoms with Crippen LogP contribution in [0.1, 0.15) is 58.8 Å². The molecule has 1 rings (SSSR count). The van der Waals surface area contributed by atoms with Gasteiger partial charge in [-0.1, -0.05) is 46.0 Å².